The van der Waals surface area contributed by atoms with Crippen molar-refractivity contribution in [2.75, 3.05) is 37.7 Å². The summed E-state index contributed by atoms with van der Waals surface area (Å²) in [6, 6.07) is 5.21. The van der Waals surface area contributed by atoms with E-state index in [1.54, 1.807) is 17.0 Å². The Morgan fingerprint density at radius 2 is 2.00 bits per heavy atom. The highest BCUT2D eigenvalue weighted by molar-refractivity contribution is 6.32. The quantitative estimate of drug-likeness (QED) is 0.318. The predicted octanol–water partition coefficient (Wildman–Crippen LogP) is 5.99. The van der Waals surface area contributed by atoms with E-state index in [1.165, 1.54) is 12.1 Å². The van der Waals surface area contributed by atoms with Gasteiger partial charge in [-0.1, -0.05) is 24.2 Å². The van der Waals surface area contributed by atoms with Crippen LogP contribution in [-0.2, 0) is 4.79 Å². The number of hydrogen-bond donors (Lipinski definition) is 1. The number of benzene rings is 2. The number of aromatic hydroxyl groups is 1. The number of fused-ring (bicyclic) bond motifs is 4. The fourth-order valence-electron chi connectivity index (χ4n) is 8.37. The molecule has 1 saturated carbocycles. The van der Waals surface area contributed by atoms with Crippen molar-refractivity contribution < 1.29 is 27.5 Å². The van der Waals surface area contributed by atoms with E-state index < -0.39 is 36.0 Å². The topological polar surface area (TPSA) is 82.0 Å². The van der Waals surface area contributed by atoms with E-state index in [0.717, 1.165) is 37.8 Å². The highest BCUT2D eigenvalue weighted by Crippen LogP contribution is 2.50. The first-order chi connectivity index (χ1) is 23.0. The lowest BCUT2D eigenvalue weighted by molar-refractivity contribution is -0.129. The molecule has 4 aliphatic heterocycles. The number of hydrogen-bond acceptors (Lipinski definition) is 7. The van der Waals surface area contributed by atoms with E-state index in [0.29, 0.717) is 60.7 Å². The Hall–Kier alpha value is -3.50. The number of carbonyl (C=O) groups is 1. The number of anilines is 1. The predicted molar refractivity (Wildman–Crippen MR) is 168 cm³/mol. The number of nitrogens with zero attached hydrogens (tertiary/aromatic N) is 5. The molecule has 1 N–H and O–H groups in total. The Balaban J connectivity index is 1.20. The number of aromatic nitrogens is 2. The van der Waals surface area contributed by atoms with Crippen molar-refractivity contribution >= 4 is 34.2 Å². The molecular formula is C34H36ClF2N5O3. The Morgan fingerprint density at radius 1 is 1.20 bits per heavy atom. The van der Waals surface area contributed by atoms with Crippen LogP contribution < -0.4 is 9.64 Å². The monoisotopic (exact) mass is 638 g/mol. The minimum absolute atomic E-state index is 0.0243. The van der Waals surface area contributed by atoms with Crippen molar-refractivity contribution in [3.05, 3.63) is 53.3 Å². The first-order valence-corrected chi connectivity index (χ1v) is 16.2. The van der Waals surface area contributed by atoms with Crippen molar-refractivity contribution in [2.45, 2.75) is 74.7 Å². The van der Waals surface area contributed by atoms with Gasteiger partial charge in [-0.15, -0.1) is 0 Å². The first-order valence-electron chi connectivity index (χ1n) is 17.3. The molecule has 8 rings (SSSR count). The number of rotatable bonds is 7. The van der Waals surface area contributed by atoms with Gasteiger partial charge in [0.2, 0.25) is 5.91 Å². The van der Waals surface area contributed by atoms with Crippen LogP contribution in [0.15, 0.2) is 36.8 Å². The fourth-order valence-corrected chi connectivity index (χ4v) is 8.74. The molecule has 1 aromatic heterocycles. The smallest absolute Gasteiger partial charge is 0.319 e. The molecule has 2 unspecified atom stereocenters. The molecule has 5 fully saturated rings. The van der Waals surface area contributed by atoms with Crippen molar-refractivity contribution in [2.24, 2.45) is 0 Å². The number of phenolic OH excluding ortho intramolecular Hbond substituents is 1. The summed E-state index contributed by atoms with van der Waals surface area (Å²) in [6.07, 6.45) is 4.37. The molecule has 0 radical (unpaired) electrons. The van der Waals surface area contributed by atoms with Gasteiger partial charge in [0, 0.05) is 54.1 Å². The van der Waals surface area contributed by atoms with E-state index in [4.69, 9.17) is 25.4 Å². The van der Waals surface area contributed by atoms with Crippen molar-refractivity contribution in [3.8, 4) is 22.9 Å². The summed E-state index contributed by atoms with van der Waals surface area (Å²) in [7, 11) is 0. The molecule has 45 heavy (non-hydrogen) atoms. The molecule has 5 aliphatic rings. The Bertz CT molecular complexity index is 1850. The summed E-state index contributed by atoms with van der Waals surface area (Å²) in [6.45, 7) is 1.21. The number of alkyl halides is 1. The Kier molecular flexibility index (Phi) is 6.16. The lowest BCUT2D eigenvalue weighted by atomic mass is 9.94. The third-order valence-electron chi connectivity index (χ3n) is 10.5. The van der Waals surface area contributed by atoms with Gasteiger partial charge in [-0.05, 0) is 86.4 Å². The van der Waals surface area contributed by atoms with Gasteiger partial charge >= 0.3 is 6.01 Å². The molecule has 1 aliphatic carbocycles. The molecule has 8 nitrogen and oxygen atoms in total. The van der Waals surface area contributed by atoms with Gasteiger partial charge in [-0.25, -0.2) is 8.78 Å². The van der Waals surface area contributed by atoms with Crippen molar-refractivity contribution in [1.29, 1.82) is 0 Å². The van der Waals surface area contributed by atoms with Gasteiger partial charge < -0.3 is 19.6 Å². The lowest BCUT2D eigenvalue weighted by Crippen LogP contribution is -2.55. The standard InChI is InChI=1S/C34H36ClF2N5O3/c1-2-28(44)42-21-6-7-22(42)17-40(16-21)32-25-9-8-24(26-12-23(43)13-27(35)29(26)19-4-5-19)30(37)31(25)38-33(39-32)45-18-34-10-3-11-41(34)15-20(36)14-34/h2,8-9,12-13,19-22,43H,1,3-7,10-11,14-18H2/t20-,21?,22?,34+/m1/s1/i1D2,2D. The zero-order valence-corrected chi connectivity index (χ0v) is 25.5. The van der Waals surface area contributed by atoms with Crippen LogP contribution in [0.4, 0.5) is 14.6 Å². The van der Waals surface area contributed by atoms with Gasteiger partial charge in [0.05, 0.1) is 9.65 Å². The van der Waals surface area contributed by atoms with Crippen LogP contribution in [0.5, 0.6) is 11.8 Å². The second-order valence-electron chi connectivity index (χ2n) is 13.3. The van der Waals surface area contributed by atoms with Crippen LogP contribution >= 0.6 is 11.6 Å². The molecule has 5 heterocycles. The van der Waals surface area contributed by atoms with E-state index in [-0.39, 0.29) is 47.4 Å². The van der Waals surface area contributed by atoms with Crippen LogP contribution in [-0.4, -0.2) is 87.4 Å². The largest absolute Gasteiger partial charge is 0.508 e. The van der Waals surface area contributed by atoms with Crippen LogP contribution in [0, 0.1) is 5.82 Å². The van der Waals surface area contributed by atoms with Gasteiger partial charge in [0.1, 0.15) is 29.9 Å². The summed E-state index contributed by atoms with van der Waals surface area (Å²) in [5.41, 5.74) is 1.14. The molecule has 1 amide bonds. The van der Waals surface area contributed by atoms with E-state index in [9.17, 15) is 14.3 Å². The van der Waals surface area contributed by atoms with Crippen LogP contribution in [0.3, 0.4) is 0 Å². The summed E-state index contributed by atoms with van der Waals surface area (Å²) < 4.78 is 60.6. The molecule has 0 spiro atoms. The number of ether oxygens (including phenoxy) is 1. The number of halogens is 3. The normalized spacial score (nSPS) is 28.6. The van der Waals surface area contributed by atoms with Crippen LogP contribution in [0.2, 0.25) is 5.02 Å². The second kappa shape index (κ2) is 10.8. The molecule has 2 aromatic carbocycles. The Labute approximate surface area is 269 Å². The summed E-state index contributed by atoms with van der Waals surface area (Å²) in [4.78, 5) is 28.2. The van der Waals surface area contributed by atoms with Crippen LogP contribution in [0.25, 0.3) is 22.0 Å². The second-order valence-corrected chi connectivity index (χ2v) is 13.7. The van der Waals surface area contributed by atoms with Crippen molar-refractivity contribution in [3.63, 3.8) is 0 Å². The SMILES string of the molecule is [2H]C([2H])=C([2H])C(=O)N1C2CCC1CN(c1nc(OC[C@@]34CCCN3C[C@H](F)C4)nc3c(F)c(-c4cc(O)cc(Cl)c4C4CC4)ccc13)C2. The minimum atomic E-state index is -0.938. The molecule has 4 saturated heterocycles. The maximum atomic E-state index is 16.9. The third kappa shape index (κ3) is 4.83. The molecule has 3 aromatic rings. The number of carbonyl (C=O) groups excluding carboxylic acids is 1. The van der Waals surface area contributed by atoms with Gasteiger partial charge in [-0.2, -0.15) is 9.97 Å². The molecule has 4 atom stereocenters. The van der Waals surface area contributed by atoms with Gasteiger partial charge in [0.15, 0.2) is 5.82 Å². The van der Waals surface area contributed by atoms with Crippen LogP contribution in [0.1, 0.15) is 60.5 Å². The molecule has 2 bridgehead atoms. The maximum Gasteiger partial charge on any atom is 0.319 e. The first kappa shape index (κ1) is 25.7. The summed E-state index contributed by atoms with van der Waals surface area (Å²) >= 11 is 6.57. The maximum absolute atomic E-state index is 16.9. The molecule has 236 valence electrons. The van der Waals surface area contributed by atoms with Gasteiger partial charge in [-0.3, -0.25) is 9.69 Å². The summed E-state index contributed by atoms with van der Waals surface area (Å²) in [5, 5.41) is 11.3. The number of phenols is 1. The Morgan fingerprint density at radius 3 is 2.76 bits per heavy atom. The van der Waals surface area contributed by atoms with Gasteiger partial charge in [0.25, 0.3) is 0 Å². The number of amides is 1. The van der Waals surface area contributed by atoms with E-state index >= 15 is 4.39 Å². The average Bonchev–Trinajstić information content (AvgIpc) is 3.66. The average molecular weight is 639 g/mol. The third-order valence-corrected chi connectivity index (χ3v) is 10.8. The number of piperazine rings is 1. The highest BCUT2D eigenvalue weighted by Gasteiger charge is 2.49. The molecular weight excluding hydrogens is 600 g/mol. The lowest BCUT2D eigenvalue weighted by Gasteiger charge is -2.41. The van der Waals surface area contributed by atoms with E-state index in [1.807, 2.05) is 4.90 Å². The highest BCUT2D eigenvalue weighted by atomic mass is 35.5. The van der Waals surface area contributed by atoms with E-state index in [2.05, 4.69) is 9.88 Å². The molecule has 11 heteroatoms. The zero-order valence-electron chi connectivity index (χ0n) is 27.7. The van der Waals surface area contributed by atoms with Crippen molar-refractivity contribution in [1.82, 2.24) is 19.8 Å². The minimum Gasteiger partial charge on any atom is -0.508 e. The summed E-state index contributed by atoms with van der Waals surface area (Å²) in [5.74, 6) is -0.675. The zero-order chi connectivity index (χ0) is 33.5. The fraction of sp³-hybridized carbons (Fsp3) is 0.500.